The van der Waals surface area contributed by atoms with Crippen LogP contribution in [0.25, 0.3) is 0 Å². The molecule has 1 aromatic rings. The largest absolute Gasteiger partial charge is 0.493 e. The maximum absolute atomic E-state index is 11.9. The molecule has 0 radical (unpaired) electrons. The summed E-state index contributed by atoms with van der Waals surface area (Å²) >= 11 is 0. The van der Waals surface area contributed by atoms with Gasteiger partial charge in [0.25, 0.3) is 0 Å². The minimum atomic E-state index is 0.186. The Hall–Kier alpha value is -1.75. The van der Waals surface area contributed by atoms with E-state index in [1.165, 1.54) is 0 Å². The van der Waals surface area contributed by atoms with Crippen molar-refractivity contribution in [1.82, 2.24) is 4.90 Å². The van der Waals surface area contributed by atoms with Crippen LogP contribution in [0, 0.1) is 6.92 Å². The van der Waals surface area contributed by atoms with Crippen LogP contribution >= 0.6 is 0 Å². The van der Waals surface area contributed by atoms with Crippen LogP contribution in [0.1, 0.15) is 18.4 Å². The molecule has 1 fully saturated rings. The molecule has 5 nitrogen and oxygen atoms in total. The third-order valence-corrected chi connectivity index (χ3v) is 3.36. The molecular weight excluding hydrogens is 256 g/mol. The van der Waals surface area contributed by atoms with Gasteiger partial charge in [-0.3, -0.25) is 4.79 Å². The van der Waals surface area contributed by atoms with Crippen molar-refractivity contribution in [3.8, 4) is 5.75 Å². The van der Waals surface area contributed by atoms with E-state index < -0.39 is 0 Å². The minimum Gasteiger partial charge on any atom is -0.493 e. The zero-order valence-corrected chi connectivity index (χ0v) is 11.9. The van der Waals surface area contributed by atoms with Gasteiger partial charge in [0.1, 0.15) is 5.75 Å². The summed E-state index contributed by atoms with van der Waals surface area (Å²) in [7, 11) is 0. The highest BCUT2D eigenvalue weighted by Crippen LogP contribution is 2.20. The second kappa shape index (κ2) is 7.14. The average molecular weight is 278 g/mol. The maximum Gasteiger partial charge on any atom is 0.222 e. The number of carbonyl (C=O) groups excluding carboxylic acids is 1. The quantitative estimate of drug-likeness (QED) is 0.656. The molecule has 2 N–H and O–H groups in total. The molecule has 20 heavy (non-hydrogen) atoms. The monoisotopic (exact) mass is 278 g/mol. The first-order valence-corrected chi connectivity index (χ1v) is 7.01. The Morgan fingerprint density at radius 1 is 1.40 bits per heavy atom. The van der Waals surface area contributed by atoms with E-state index in [0.717, 1.165) is 23.4 Å². The van der Waals surface area contributed by atoms with E-state index in [2.05, 4.69) is 0 Å². The Labute approximate surface area is 119 Å². The van der Waals surface area contributed by atoms with Crippen molar-refractivity contribution in [2.45, 2.75) is 19.8 Å². The molecule has 0 saturated carbocycles. The molecule has 1 saturated heterocycles. The van der Waals surface area contributed by atoms with Crippen LogP contribution in [0.4, 0.5) is 5.69 Å². The smallest absolute Gasteiger partial charge is 0.222 e. The third kappa shape index (κ3) is 4.13. The molecule has 1 aliphatic heterocycles. The lowest BCUT2D eigenvalue weighted by molar-refractivity contribution is -0.135. The van der Waals surface area contributed by atoms with Crippen LogP contribution in [0.2, 0.25) is 0 Å². The molecule has 0 aliphatic carbocycles. The molecule has 0 atom stereocenters. The molecule has 1 aliphatic rings. The first kappa shape index (κ1) is 14.7. The Morgan fingerprint density at radius 3 is 2.85 bits per heavy atom. The Bertz CT molecular complexity index is 456. The van der Waals surface area contributed by atoms with Crippen LogP contribution < -0.4 is 10.5 Å². The van der Waals surface area contributed by atoms with E-state index >= 15 is 0 Å². The highest BCUT2D eigenvalue weighted by atomic mass is 16.5. The number of carbonyl (C=O) groups is 1. The van der Waals surface area contributed by atoms with Crippen LogP contribution in [-0.2, 0) is 9.53 Å². The van der Waals surface area contributed by atoms with Crippen molar-refractivity contribution >= 4 is 11.6 Å². The molecule has 0 unspecified atom stereocenters. The van der Waals surface area contributed by atoms with Crippen molar-refractivity contribution in [3.05, 3.63) is 23.8 Å². The number of anilines is 1. The number of ether oxygens (including phenoxy) is 2. The van der Waals surface area contributed by atoms with Gasteiger partial charge in [-0.05, 0) is 37.1 Å². The molecule has 0 spiro atoms. The summed E-state index contributed by atoms with van der Waals surface area (Å²) in [5.74, 6) is 1.02. The fourth-order valence-corrected chi connectivity index (χ4v) is 2.21. The number of rotatable bonds is 5. The molecule has 110 valence electrons. The number of hydrogen-bond acceptors (Lipinski definition) is 4. The highest BCUT2D eigenvalue weighted by molar-refractivity contribution is 5.76. The first-order valence-electron chi connectivity index (χ1n) is 7.01. The number of amides is 1. The van der Waals surface area contributed by atoms with Gasteiger partial charge in [0.15, 0.2) is 0 Å². The normalized spacial score (nSPS) is 15.2. The van der Waals surface area contributed by atoms with Gasteiger partial charge in [0.05, 0.1) is 19.8 Å². The number of nitrogens with zero attached hydrogens (tertiary/aromatic N) is 1. The molecule has 2 rings (SSSR count). The maximum atomic E-state index is 11.9. The number of nitrogen functional groups attached to an aromatic ring is 1. The van der Waals surface area contributed by atoms with Crippen molar-refractivity contribution in [2.24, 2.45) is 0 Å². The lowest BCUT2D eigenvalue weighted by Crippen LogP contribution is -2.40. The van der Waals surface area contributed by atoms with Crippen molar-refractivity contribution < 1.29 is 14.3 Å². The zero-order valence-electron chi connectivity index (χ0n) is 11.9. The van der Waals surface area contributed by atoms with Crippen molar-refractivity contribution in [3.63, 3.8) is 0 Å². The van der Waals surface area contributed by atoms with Gasteiger partial charge in [-0.1, -0.05) is 0 Å². The molecule has 0 aromatic heterocycles. The fourth-order valence-electron chi connectivity index (χ4n) is 2.21. The predicted octanol–water partition coefficient (Wildman–Crippen LogP) is 1.60. The lowest BCUT2D eigenvalue weighted by Gasteiger charge is -2.26. The number of nitrogens with two attached hydrogens (primary N) is 1. The number of morpholine rings is 1. The fraction of sp³-hybridized carbons (Fsp3) is 0.533. The first-order chi connectivity index (χ1) is 9.66. The number of hydrogen-bond donors (Lipinski definition) is 1. The minimum absolute atomic E-state index is 0.186. The summed E-state index contributed by atoms with van der Waals surface area (Å²) in [6.45, 7) is 5.21. The zero-order chi connectivity index (χ0) is 14.4. The van der Waals surface area contributed by atoms with Crippen molar-refractivity contribution in [2.75, 3.05) is 38.6 Å². The number of benzene rings is 1. The molecule has 1 heterocycles. The van der Waals surface area contributed by atoms with Crippen LogP contribution in [0.3, 0.4) is 0 Å². The summed E-state index contributed by atoms with van der Waals surface area (Å²) in [6, 6.07) is 5.57. The van der Waals surface area contributed by atoms with Gasteiger partial charge in [0.2, 0.25) is 5.91 Å². The molecule has 1 amide bonds. The Morgan fingerprint density at radius 2 is 2.15 bits per heavy atom. The van der Waals surface area contributed by atoms with Gasteiger partial charge in [-0.2, -0.15) is 0 Å². The van der Waals surface area contributed by atoms with E-state index in [-0.39, 0.29) is 5.91 Å². The highest BCUT2D eigenvalue weighted by Gasteiger charge is 2.16. The summed E-state index contributed by atoms with van der Waals surface area (Å²) in [5.41, 5.74) is 7.44. The van der Waals surface area contributed by atoms with Gasteiger partial charge >= 0.3 is 0 Å². The summed E-state index contributed by atoms with van der Waals surface area (Å²) in [4.78, 5) is 13.8. The average Bonchev–Trinajstić information content (AvgIpc) is 2.46. The van der Waals surface area contributed by atoms with E-state index in [1.54, 1.807) is 0 Å². The summed E-state index contributed by atoms with van der Waals surface area (Å²) < 4.78 is 10.9. The SMILES string of the molecule is Cc1cc(N)ccc1OCCCC(=O)N1CCOCC1. The van der Waals surface area contributed by atoms with Crippen LogP contribution in [-0.4, -0.2) is 43.7 Å². The lowest BCUT2D eigenvalue weighted by atomic mass is 10.2. The second-order valence-electron chi connectivity index (χ2n) is 4.97. The van der Waals surface area contributed by atoms with E-state index in [1.807, 2.05) is 30.0 Å². The van der Waals surface area contributed by atoms with Crippen LogP contribution in [0.15, 0.2) is 18.2 Å². The summed E-state index contributed by atoms with van der Waals surface area (Å²) in [6.07, 6.45) is 1.24. The second-order valence-corrected chi connectivity index (χ2v) is 4.97. The molecular formula is C15H22N2O3. The third-order valence-electron chi connectivity index (χ3n) is 3.36. The predicted molar refractivity (Wildman–Crippen MR) is 77.7 cm³/mol. The number of aryl methyl sites for hydroxylation is 1. The summed E-state index contributed by atoms with van der Waals surface area (Å²) in [5, 5.41) is 0. The van der Waals surface area contributed by atoms with Gasteiger partial charge in [-0.25, -0.2) is 0 Å². The Balaban J connectivity index is 1.69. The topological polar surface area (TPSA) is 64.8 Å². The van der Waals surface area contributed by atoms with Gasteiger partial charge in [-0.15, -0.1) is 0 Å². The molecule has 5 heteroatoms. The van der Waals surface area contributed by atoms with E-state index in [9.17, 15) is 4.79 Å². The standard InChI is InChI=1S/C15H22N2O3/c1-12-11-13(16)4-5-14(12)20-8-2-3-15(18)17-6-9-19-10-7-17/h4-5,11H,2-3,6-10,16H2,1H3. The molecule has 0 bridgehead atoms. The van der Waals surface area contributed by atoms with E-state index in [4.69, 9.17) is 15.2 Å². The van der Waals surface area contributed by atoms with Crippen molar-refractivity contribution in [1.29, 1.82) is 0 Å². The van der Waals surface area contributed by atoms with Crippen LogP contribution in [0.5, 0.6) is 5.75 Å². The Kier molecular flexibility index (Phi) is 5.24. The van der Waals surface area contributed by atoms with Gasteiger partial charge in [0, 0.05) is 25.2 Å². The van der Waals surface area contributed by atoms with Gasteiger partial charge < -0.3 is 20.1 Å². The molecule has 1 aromatic carbocycles. The van der Waals surface area contributed by atoms with E-state index in [0.29, 0.717) is 39.3 Å².